The van der Waals surface area contributed by atoms with Gasteiger partial charge in [0.05, 0.1) is 0 Å². The average Bonchev–Trinajstić information content (AvgIpc) is 1.99. The van der Waals surface area contributed by atoms with E-state index in [0.29, 0.717) is 6.07 Å². The smallest absolute Gasteiger partial charge is 0.161 e. The minimum atomic E-state index is -1.16. The third-order valence-electron chi connectivity index (χ3n) is 0.882. The number of aliphatic hydroxyl groups excluding tert-OH is 1. The third-order valence-corrected chi connectivity index (χ3v) is 0.882. The maximum Gasteiger partial charge on any atom is 0.161 e. The molecule has 0 bridgehead atoms. The Balaban J connectivity index is 0.000000354. The molecule has 0 atom stereocenters. The Morgan fingerprint density at radius 3 is 2.00 bits per heavy atom. The van der Waals surface area contributed by atoms with Gasteiger partial charge in [-0.15, -0.1) is 0 Å². The van der Waals surface area contributed by atoms with Crippen molar-refractivity contribution in [2.45, 2.75) is 6.92 Å². The number of benzene rings is 1. The highest BCUT2D eigenvalue weighted by molar-refractivity contribution is 5.07. The lowest BCUT2D eigenvalue weighted by Gasteiger charge is -1.88. The molecule has 0 aliphatic heterocycles. The first kappa shape index (κ1) is 11.0. The van der Waals surface area contributed by atoms with Crippen molar-refractivity contribution in [1.82, 2.24) is 0 Å². The molecule has 1 nitrogen and oxygen atoms in total. The fourth-order valence-electron chi connectivity index (χ4n) is 0.470. The molecule has 0 saturated heterocycles. The lowest BCUT2D eigenvalue weighted by Crippen LogP contribution is -1.83. The molecule has 0 aromatic heterocycles. The lowest BCUT2D eigenvalue weighted by atomic mass is 10.3. The summed E-state index contributed by atoms with van der Waals surface area (Å²) in [5, 5.41) is 7.57. The van der Waals surface area contributed by atoms with Crippen LogP contribution in [0.1, 0.15) is 6.92 Å². The Morgan fingerprint density at radius 1 is 1.17 bits per heavy atom. The van der Waals surface area contributed by atoms with Gasteiger partial charge in [0, 0.05) is 12.7 Å². The molecular formula is C8H9F3O. The zero-order chi connectivity index (χ0) is 9.56. The van der Waals surface area contributed by atoms with Gasteiger partial charge in [0.1, 0.15) is 5.82 Å². The summed E-state index contributed by atoms with van der Waals surface area (Å²) < 4.78 is 35.9. The molecule has 0 aliphatic rings. The van der Waals surface area contributed by atoms with Gasteiger partial charge >= 0.3 is 0 Å². The van der Waals surface area contributed by atoms with Gasteiger partial charge in [-0.1, -0.05) is 0 Å². The topological polar surface area (TPSA) is 20.2 Å². The second kappa shape index (κ2) is 5.60. The third kappa shape index (κ3) is 3.98. The van der Waals surface area contributed by atoms with Crippen LogP contribution in [0.25, 0.3) is 0 Å². The normalized spacial score (nSPS) is 8.75. The largest absolute Gasteiger partial charge is 0.397 e. The van der Waals surface area contributed by atoms with Gasteiger partial charge in [0.25, 0.3) is 0 Å². The van der Waals surface area contributed by atoms with Crippen molar-refractivity contribution in [3.05, 3.63) is 35.7 Å². The first-order valence-corrected chi connectivity index (χ1v) is 3.33. The highest BCUT2D eigenvalue weighted by Gasteiger charge is 1.99. The van der Waals surface area contributed by atoms with Crippen LogP contribution < -0.4 is 0 Å². The number of hydrogen-bond donors (Lipinski definition) is 1. The molecule has 1 rings (SSSR count). The maximum absolute atomic E-state index is 12.0. The summed E-state index contributed by atoms with van der Waals surface area (Å²) in [4.78, 5) is 0. The lowest BCUT2D eigenvalue weighted by molar-refractivity contribution is 0.318. The second-order valence-corrected chi connectivity index (χ2v) is 1.87. The summed E-state index contributed by atoms with van der Waals surface area (Å²) >= 11 is 0. The van der Waals surface area contributed by atoms with E-state index in [1.165, 1.54) is 0 Å². The van der Waals surface area contributed by atoms with Gasteiger partial charge in [-0.25, -0.2) is 13.2 Å². The molecule has 0 fully saturated rings. The molecule has 12 heavy (non-hydrogen) atoms. The predicted octanol–water partition coefficient (Wildman–Crippen LogP) is 2.10. The van der Waals surface area contributed by atoms with Crippen LogP contribution in [-0.2, 0) is 0 Å². The standard InChI is InChI=1S/C6H3F3.C2H6O/c7-4-1-2-5(8)6(9)3-4;1-2-3/h1-3H;3H,2H2,1H3. The Kier molecular flexibility index (Phi) is 5.12. The molecule has 1 aromatic rings. The Labute approximate surface area is 68.5 Å². The number of rotatable bonds is 0. The zero-order valence-electron chi connectivity index (χ0n) is 6.52. The van der Waals surface area contributed by atoms with E-state index in [1.807, 2.05) is 0 Å². The van der Waals surface area contributed by atoms with Gasteiger partial charge < -0.3 is 5.11 Å². The van der Waals surface area contributed by atoms with E-state index in [0.717, 1.165) is 12.1 Å². The van der Waals surface area contributed by atoms with Gasteiger partial charge in [-0.2, -0.15) is 0 Å². The van der Waals surface area contributed by atoms with Crippen molar-refractivity contribution in [3.8, 4) is 0 Å². The van der Waals surface area contributed by atoms with Crippen molar-refractivity contribution in [2.75, 3.05) is 6.61 Å². The first-order valence-electron chi connectivity index (χ1n) is 3.33. The van der Waals surface area contributed by atoms with E-state index < -0.39 is 17.5 Å². The monoisotopic (exact) mass is 178 g/mol. The van der Waals surface area contributed by atoms with Crippen LogP contribution >= 0.6 is 0 Å². The van der Waals surface area contributed by atoms with Gasteiger partial charge in [0.2, 0.25) is 0 Å². The molecule has 0 heterocycles. The summed E-state index contributed by atoms with van der Waals surface area (Å²) in [6, 6.07) is 2.10. The van der Waals surface area contributed by atoms with E-state index >= 15 is 0 Å². The molecule has 0 unspecified atom stereocenters. The number of halogens is 3. The quantitative estimate of drug-likeness (QED) is 0.603. The Hall–Kier alpha value is -1.03. The van der Waals surface area contributed by atoms with Gasteiger partial charge in [-0.05, 0) is 19.1 Å². The Morgan fingerprint density at radius 2 is 1.67 bits per heavy atom. The summed E-state index contributed by atoms with van der Waals surface area (Å²) in [5.41, 5.74) is 0. The molecule has 0 saturated carbocycles. The maximum atomic E-state index is 12.0. The number of hydrogen-bond acceptors (Lipinski definition) is 1. The van der Waals surface area contributed by atoms with Gasteiger partial charge in [0.15, 0.2) is 11.6 Å². The Bertz CT molecular complexity index is 238. The fourth-order valence-corrected chi connectivity index (χ4v) is 0.470. The van der Waals surface area contributed by atoms with Crippen LogP contribution in [0.4, 0.5) is 13.2 Å². The number of aliphatic hydroxyl groups is 1. The highest BCUT2D eigenvalue weighted by atomic mass is 19.2. The van der Waals surface area contributed by atoms with Crippen LogP contribution in [0.2, 0.25) is 0 Å². The van der Waals surface area contributed by atoms with E-state index in [1.54, 1.807) is 6.92 Å². The SMILES string of the molecule is CCO.Fc1ccc(F)c(F)c1. The van der Waals surface area contributed by atoms with Crippen molar-refractivity contribution >= 4 is 0 Å². The summed E-state index contributed by atoms with van der Waals surface area (Å²) in [7, 11) is 0. The molecule has 1 aromatic carbocycles. The van der Waals surface area contributed by atoms with Crippen LogP contribution in [0, 0.1) is 17.5 Å². The minimum Gasteiger partial charge on any atom is -0.397 e. The average molecular weight is 178 g/mol. The zero-order valence-corrected chi connectivity index (χ0v) is 6.52. The van der Waals surface area contributed by atoms with E-state index in [9.17, 15) is 13.2 Å². The van der Waals surface area contributed by atoms with Crippen molar-refractivity contribution in [3.63, 3.8) is 0 Å². The molecule has 0 amide bonds. The van der Waals surface area contributed by atoms with Crippen LogP contribution in [0.5, 0.6) is 0 Å². The second-order valence-electron chi connectivity index (χ2n) is 1.87. The molecular weight excluding hydrogens is 169 g/mol. The van der Waals surface area contributed by atoms with Crippen molar-refractivity contribution < 1.29 is 18.3 Å². The molecule has 68 valence electrons. The van der Waals surface area contributed by atoms with Crippen LogP contribution in [0.3, 0.4) is 0 Å². The highest BCUT2D eigenvalue weighted by Crippen LogP contribution is 2.05. The van der Waals surface area contributed by atoms with Crippen molar-refractivity contribution in [1.29, 1.82) is 0 Å². The first-order chi connectivity index (χ1) is 5.61. The molecule has 0 aliphatic carbocycles. The summed E-state index contributed by atoms with van der Waals surface area (Å²) in [6.45, 7) is 1.93. The summed E-state index contributed by atoms with van der Waals surface area (Å²) in [5.74, 6) is -2.96. The van der Waals surface area contributed by atoms with Gasteiger partial charge in [-0.3, -0.25) is 0 Å². The predicted molar refractivity (Wildman–Crippen MR) is 39.1 cm³/mol. The van der Waals surface area contributed by atoms with Crippen molar-refractivity contribution in [2.24, 2.45) is 0 Å². The molecule has 0 radical (unpaired) electrons. The van der Waals surface area contributed by atoms with E-state index in [4.69, 9.17) is 5.11 Å². The van der Waals surface area contributed by atoms with E-state index in [2.05, 4.69) is 0 Å². The van der Waals surface area contributed by atoms with Crippen LogP contribution in [-0.4, -0.2) is 11.7 Å². The minimum absolute atomic E-state index is 0.250. The summed E-state index contributed by atoms with van der Waals surface area (Å²) in [6.07, 6.45) is 0. The fraction of sp³-hybridized carbons (Fsp3) is 0.250. The van der Waals surface area contributed by atoms with Crippen LogP contribution in [0.15, 0.2) is 18.2 Å². The van der Waals surface area contributed by atoms with E-state index in [-0.39, 0.29) is 6.61 Å². The molecule has 4 heteroatoms. The molecule has 0 spiro atoms. The molecule has 1 N–H and O–H groups in total.